The molecule has 0 aliphatic carbocycles. The lowest BCUT2D eigenvalue weighted by Gasteiger charge is -2.22. The number of benzene rings is 1. The molecule has 1 aromatic rings. The Morgan fingerprint density at radius 1 is 1.33 bits per heavy atom. The third-order valence-electron chi connectivity index (χ3n) is 1.94. The van der Waals surface area contributed by atoms with Crippen LogP contribution in [0.3, 0.4) is 0 Å². The highest BCUT2D eigenvalue weighted by molar-refractivity contribution is 6.35. The van der Waals surface area contributed by atoms with E-state index in [4.69, 9.17) is 33.0 Å². The van der Waals surface area contributed by atoms with Crippen molar-refractivity contribution in [2.75, 3.05) is 13.2 Å². The quantitative estimate of drug-likeness (QED) is 0.886. The Kier molecular flexibility index (Phi) is 4.26. The van der Waals surface area contributed by atoms with Crippen LogP contribution in [0.25, 0.3) is 0 Å². The zero-order chi connectivity index (χ0) is 11.5. The molecule has 0 radical (unpaired) electrons. The highest BCUT2D eigenvalue weighted by atomic mass is 35.5. The molecule has 0 aliphatic heterocycles. The third-order valence-corrected chi connectivity index (χ3v) is 2.47. The van der Waals surface area contributed by atoms with Crippen LogP contribution in [0.2, 0.25) is 10.0 Å². The minimum Gasteiger partial charge on any atom is -0.491 e. The molecule has 0 unspecified atom stereocenters. The van der Waals surface area contributed by atoms with Gasteiger partial charge < -0.3 is 9.84 Å². The minimum absolute atomic E-state index is 0.0677. The SMILES string of the molecule is CC(C)(CO)COc1ccc(Cl)cc1Cl. The standard InChI is InChI=1S/C11H14Cl2O2/c1-11(2,6-14)7-15-10-4-3-8(12)5-9(10)13/h3-5,14H,6-7H2,1-2H3. The largest absolute Gasteiger partial charge is 0.491 e. The van der Waals surface area contributed by atoms with Crippen LogP contribution < -0.4 is 4.74 Å². The van der Waals surface area contributed by atoms with Gasteiger partial charge in [-0.15, -0.1) is 0 Å². The number of rotatable bonds is 4. The molecule has 84 valence electrons. The molecule has 4 heteroatoms. The number of halogens is 2. The van der Waals surface area contributed by atoms with E-state index in [0.29, 0.717) is 22.4 Å². The number of hydrogen-bond acceptors (Lipinski definition) is 2. The van der Waals surface area contributed by atoms with Crippen molar-refractivity contribution in [2.45, 2.75) is 13.8 Å². The molecular weight excluding hydrogens is 235 g/mol. The average molecular weight is 249 g/mol. The van der Waals surface area contributed by atoms with Gasteiger partial charge in [-0.2, -0.15) is 0 Å². The molecule has 15 heavy (non-hydrogen) atoms. The van der Waals surface area contributed by atoms with E-state index in [-0.39, 0.29) is 12.0 Å². The number of aliphatic hydroxyl groups is 1. The molecule has 0 aromatic heterocycles. The Balaban J connectivity index is 2.66. The molecule has 1 aromatic carbocycles. The molecule has 1 N–H and O–H groups in total. The van der Waals surface area contributed by atoms with Crippen molar-refractivity contribution in [2.24, 2.45) is 5.41 Å². The van der Waals surface area contributed by atoms with E-state index in [1.165, 1.54) is 0 Å². The molecule has 0 atom stereocenters. The van der Waals surface area contributed by atoms with Crippen molar-refractivity contribution in [3.8, 4) is 5.75 Å². The maximum atomic E-state index is 9.05. The van der Waals surface area contributed by atoms with Crippen molar-refractivity contribution in [3.05, 3.63) is 28.2 Å². The van der Waals surface area contributed by atoms with E-state index >= 15 is 0 Å². The van der Waals surface area contributed by atoms with Gasteiger partial charge in [-0.25, -0.2) is 0 Å². The van der Waals surface area contributed by atoms with Crippen molar-refractivity contribution in [1.82, 2.24) is 0 Å². The highest BCUT2D eigenvalue weighted by Gasteiger charge is 2.18. The van der Waals surface area contributed by atoms with Crippen LogP contribution >= 0.6 is 23.2 Å². The first-order chi connectivity index (χ1) is 6.94. The molecule has 0 bridgehead atoms. The smallest absolute Gasteiger partial charge is 0.138 e. The molecule has 0 spiro atoms. The Labute approximate surface area is 99.8 Å². The first kappa shape index (κ1) is 12.6. The highest BCUT2D eigenvalue weighted by Crippen LogP contribution is 2.28. The van der Waals surface area contributed by atoms with E-state index in [2.05, 4.69) is 0 Å². The molecule has 1 rings (SSSR count). The molecule has 0 saturated carbocycles. The van der Waals surface area contributed by atoms with Gasteiger partial charge in [0.05, 0.1) is 18.2 Å². The van der Waals surface area contributed by atoms with E-state index in [1.807, 2.05) is 13.8 Å². The van der Waals surface area contributed by atoms with Crippen LogP contribution in [0.1, 0.15) is 13.8 Å². The fourth-order valence-electron chi connectivity index (χ4n) is 0.911. The molecule has 0 fully saturated rings. The second kappa shape index (κ2) is 5.06. The molecule has 0 aliphatic rings. The molecule has 0 heterocycles. The lowest BCUT2D eigenvalue weighted by atomic mass is 9.97. The second-order valence-corrected chi connectivity index (χ2v) is 5.03. The summed E-state index contributed by atoms with van der Waals surface area (Å²) in [5.41, 5.74) is -0.275. The lowest BCUT2D eigenvalue weighted by molar-refractivity contribution is 0.0976. The van der Waals surface area contributed by atoms with Crippen molar-refractivity contribution < 1.29 is 9.84 Å². The van der Waals surface area contributed by atoms with Gasteiger partial charge in [-0.05, 0) is 18.2 Å². The summed E-state index contributed by atoms with van der Waals surface area (Å²) >= 11 is 11.7. The zero-order valence-corrected chi connectivity index (χ0v) is 10.3. The molecular formula is C11H14Cl2O2. The third kappa shape index (κ3) is 3.90. The Bertz CT molecular complexity index is 337. The molecule has 2 nitrogen and oxygen atoms in total. The first-order valence-corrected chi connectivity index (χ1v) is 5.39. The van der Waals surface area contributed by atoms with Gasteiger partial charge in [0.25, 0.3) is 0 Å². The number of aliphatic hydroxyl groups excluding tert-OH is 1. The summed E-state index contributed by atoms with van der Waals surface area (Å²) in [6.45, 7) is 4.30. The lowest BCUT2D eigenvalue weighted by Crippen LogP contribution is -2.25. The summed E-state index contributed by atoms with van der Waals surface area (Å²) in [5.74, 6) is 0.586. The summed E-state index contributed by atoms with van der Waals surface area (Å²) < 4.78 is 5.50. The van der Waals surface area contributed by atoms with Gasteiger partial charge in [-0.1, -0.05) is 37.0 Å². The van der Waals surface area contributed by atoms with Crippen LogP contribution in [-0.2, 0) is 0 Å². The van der Waals surface area contributed by atoms with E-state index in [0.717, 1.165) is 0 Å². The predicted molar refractivity (Wildman–Crippen MR) is 62.8 cm³/mol. The van der Waals surface area contributed by atoms with E-state index < -0.39 is 0 Å². The van der Waals surface area contributed by atoms with Gasteiger partial charge in [0, 0.05) is 10.4 Å². The van der Waals surface area contributed by atoms with Gasteiger partial charge >= 0.3 is 0 Å². The summed E-state index contributed by atoms with van der Waals surface area (Å²) in [6.07, 6.45) is 0. The number of ether oxygens (including phenoxy) is 1. The Morgan fingerprint density at radius 2 is 2.00 bits per heavy atom. The van der Waals surface area contributed by atoms with Gasteiger partial charge in [0.1, 0.15) is 5.75 Å². The van der Waals surface area contributed by atoms with Crippen molar-refractivity contribution in [3.63, 3.8) is 0 Å². The Morgan fingerprint density at radius 3 is 2.53 bits per heavy atom. The summed E-state index contributed by atoms with van der Waals surface area (Å²) in [5, 5.41) is 10.1. The Hall–Kier alpha value is -0.440. The zero-order valence-electron chi connectivity index (χ0n) is 8.76. The van der Waals surface area contributed by atoms with E-state index in [1.54, 1.807) is 18.2 Å². The molecule has 0 saturated heterocycles. The monoisotopic (exact) mass is 248 g/mol. The van der Waals surface area contributed by atoms with Gasteiger partial charge in [0.2, 0.25) is 0 Å². The second-order valence-electron chi connectivity index (χ2n) is 4.19. The predicted octanol–water partition coefficient (Wildman–Crippen LogP) is 3.39. The van der Waals surface area contributed by atoms with E-state index in [9.17, 15) is 0 Å². The van der Waals surface area contributed by atoms with Crippen LogP contribution in [0.4, 0.5) is 0 Å². The first-order valence-electron chi connectivity index (χ1n) is 4.63. The summed E-state index contributed by atoms with van der Waals surface area (Å²) in [7, 11) is 0. The van der Waals surface area contributed by atoms with Gasteiger partial charge in [0.15, 0.2) is 0 Å². The maximum Gasteiger partial charge on any atom is 0.138 e. The topological polar surface area (TPSA) is 29.5 Å². The average Bonchev–Trinajstić information content (AvgIpc) is 2.16. The normalized spacial score (nSPS) is 11.5. The van der Waals surface area contributed by atoms with Crippen LogP contribution in [0.5, 0.6) is 5.75 Å². The maximum absolute atomic E-state index is 9.05. The fourth-order valence-corrected chi connectivity index (χ4v) is 1.37. The summed E-state index contributed by atoms with van der Waals surface area (Å²) in [4.78, 5) is 0. The minimum atomic E-state index is -0.275. The van der Waals surface area contributed by atoms with Crippen molar-refractivity contribution in [1.29, 1.82) is 0 Å². The fraction of sp³-hybridized carbons (Fsp3) is 0.455. The van der Waals surface area contributed by atoms with Crippen LogP contribution in [-0.4, -0.2) is 18.3 Å². The van der Waals surface area contributed by atoms with Crippen LogP contribution in [0.15, 0.2) is 18.2 Å². The number of hydrogen-bond donors (Lipinski definition) is 1. The van der Waals surface area contributed by atoms with Crippen molar-refractivity contribution >= 4 is 23.2 Å². The van der Waals surface area contributed by atoms with Crippen LogP contribution in [0, 0.1) is 5.41 Å². The van der Waals surface area contributed by atoms with Gasteiger partial charge in [-0.3, -0.25) is 0 Å². The summed E-state index contributed by atoms with van der Waals surface area (Å²) in [6, 6.07) is 5.07. The molecule has 0 amide bonds.